The minimum absolute atomic E-state index is 0.0450. The second kappa shape index (κ2) is 8.93. The molecule has 0 radical (unpaired) electrons. The SMILES string of the molecule is O=C(NCCNC(=O)c1ccccc1[N+](=O)[O-])c1nc(Cn2cc(Cl)cn2)no1. The molecule has 0 bridgehead atoms. The number of aromatic nitrogens is 4. The van der Waals surface area contributed by atoms with Crippen LogP contribution in [-0.4, -0.2) is 49.7 Å². The minimum Gasteiger partial charge on any atom is -0.350 e. The Morgan fingerprint density at radius 3 is 2.62 bits per heavy atom. The van der Waals surface area contributed by atoms with E-state index in [2.05, 4.69) is 25.9 Å². The van der Waals surface area contributed by atoms with Crippen LogP contribution in [-0.2, 0) is 6.54 Å². The lowest BCUT2D eigenvalue weighted by molar-refractivity contribution is -0.385. The normalized spacial score (nSPS) is 10.5. The Balaban J connectivity index is 1.47. The summed E-state index contributed by atoms with van der Waals surface area (Å²) in [5.74, 6) is -1.26. The van der Waals surface area contributed by atoms with Gasteiger partial charge < -0.3 is 15.2 Å². The minimum atomic E-state index is -0.638. The maximum absolute atomic E-state index is 12.1. The number of nitrogens with one attached hydrogen (secondary N) is 2. The van der Waals surface area contributed by atoms with E-state index in [0.29, 0.717) is 5.02 Å². The van der Waals surface area contributed by atoms with Crippen molar-refractivity contribution in [3.8, 4) is 0 Å². The number of amides is 2. The van der Waals surface area contributed by atoms with Gasteiger partial charge in [0.1, 0.15) is 12.1 Å². The molecule has 0 saturated carbocycles. The monoisotopic (exact) mass is 419 g/mol. The molecule has 0 aliphatic carbocycles. The average molecular weight is 420 g/mol. The van der Waals surface area contributed by atoms with Crippen molar-refractivity contribution in [3.63, 3.8) is 0 Å². The van der Waals surface area contributed by atoms with E-state index in [4.69, 9.17) is 16.1 Å². The van der Waals surface area contributed by atoms with Gasteiger partial charge in [0.2, 0.25) is 0 Å². The van der Waals surface area contributed by atoms with Crippen molar-refractivity contribution in [2.24, 2.45) is 0 Å². The lowest BCUT2D eigenvalue weighted by Crippen LogP contribution is -2.35. The number of nitro groups is 1. The fourth-order valence-corrected chi connectivity index (χ4v) is 2.48. The van der Waals surface area contributed by atoms with Gasteiger partial charge in [0, 0.05) is 25.4 Å². The molecular formula is C16H14ClN7O5. The summed E-state index contributed by atoms with van der Waals surface area (Å²) in [6.45, 7) is 0.274. The molecule has 0 aliphatic rings. The number of nitro benzene ring substituents is 1. The van der Waals surface area contributed by atoms with E-state index >= 15 is 0 Å². The zero-order valence-electron chi connectivity index (χ0n) is 14.7. The molecule has 0 unspecified atom stereocenters. The molecule has 2 aromatic heterocycles. The Kier molecular flexibility index (Phi) is 6.14. The van der Waals surface area contributed by atoms with Crippen molar-refractivity contribution in [2.75, 3.05) is 13.1 Å². The third-order valence-electron chi connectivity index (χ3n) is 3.61. The number of para-hydroxylation sites is 1. The van der Waals surface area contributed by atoms with Gasteiger partial charge in [-0.3, -0.25) is 24.4 Å². The van der Waals surface area contributed by atoms with E-state index in [-0.39, 0.29) is 42.6 Å². The van der Waals surface area contributed by atoms with Gasteiger partial charge in [-0.2, -0.15) is 10.1 Å². The maximum atomic E-state index is 12.1. The summed E-state index contributed by atoms with van der Waals surface area (Å²) < 4.78 is 6.36. The van der Waals surface area contributed by atoms with Crippen LogP contribution in [0.25, 0.3) is 0 Å². The zero-order valence-corrected chi connectivity index (χ0v) is 15.5. The molecule has 0 saturated heterocycles. The third-order valence-corrected chi connectivity index (χ3v) is 3.80. The van der Waals surface area contributed by atoms with Crippen molar-refractivity contribution >= 4 is 29.1 Å². The van der Waals surface area contributed by atoms with Gasteiger partial charge in [-0.1, -0.05) is 28.9 Å². The highest BCUT2D eigenvalue weighted by atomic mass is 35.5. The van der Waals surface area contributed by atoms with Gasteiger partial charge in [-0.15, -0.1) is 0 Å². The summed E-state index contributed by atoms with van der Waals surface area (Å²) in [5.41, 5.74) is -0.366. The summed E-state index contributed by atoms with van der Waals surface area (Å²) >= 11 is 5.76. The van der Waals surface area contributed by atoms with Crippen LogP contribution < -0.4 is 10.6 Å². The maximum Gasteiger partial charge on any atom is 0.316 e. The predicted molar refractivity (Wildman–Crippen MR) is 98.4 cm³/mol. The Morgan fingerprint density at radius 2 is 1.93 bits per heavy atom. The van der Waals surface area contributed by atoms with Crippen molar-refractivity contribution in [2.45, 2.75) is 6.54 Å². The van der Waals surface area contributed by atoms with Gasteiger partial charge in [-0.25, -0.2) is 0 Å². The molecule has 1 aromatic carbocycles. The molecule has 2 N–H and O–H groups in total. The molecule has 12 nitrogen and oxygen atoms in total. The molecule has 13 heteroatoms. The Labute approximate surface area is 168 Å². The number of halogens is 1. The van der Waals surface area contributed by atoms with Gasteiger partial charge in [0.15, 0.2) is 5.82 Å². The highest BCUT2D eigenvalue weighted by Crippen LogP contribution is 2.17. The van der Waals surface area contributed by atoms with E-state index in [1.165, 1.54) is 35.1 Å². The first kappa shape index (κ1) is 19.9. The number of hydrogen-bond donors (Lipinski definition) is 2. The molecule has 3 aromatic rings. The number of hydrogen-bond acceptors (Lipinski definition) is 8. The predicted octanol–water partition coefficient (Wildman–Crippen LogP) is 1.04. The smallest absolute Gasteiger partial charge is 0.316 e. The van der Waals surface area contributed by atoms with Crippen LogP contribution in [0.5, 0.6) is 0 Å². The Morgan fingerprint density at radius 1 is 1.21 bits per heavy atom. The summed E-state index contributed by atoms with van der Waals surface area (Å²) in [4.78, 5) is 38.4. The fourth-order valence-electron chi connectivity index (χ4n) is 2.33. The van der Waals surface area contributed by atoms with E-state index in [9.17, 15) is 19.7 Å². The topological polar surface area (TPSA) is 158 Å². The molecule has 0 atom stereocenters. The van der Waals surface area contributed by atoms with Crippen molar-refractivity contribution < 1.29 is 19.0 Å². The molecular weight excluding hydrogens is 406 g/mol. The lowest BCUT2D eigenvalue weighted by atomic mass is 10.1. The van der Waals surface area contributed by atoms with E-state index in [1.807, 2.05) is 0 Å². The van der Waals surface area contributed by atoms with Crippen LogP contribution in [0.1, 0.15) is 26.9 Å². The molecule has 0 aliphatic heterocycles. The van der Waals surface area contributed by atoms with Crippen LogP contribution in [0.2, 0.25) is 5.02 Å². The van der Waals surface area contributed by atoms with E-state index in [0.717, 1.165) is 0 Å². The first-order valence-corrected chi connectivity index (χ1v) is 8.62. The number of carbonyl (C=O) groups excluding carboxylic acids is 2. The Bertz CT molecular complexity index is 1050. The number of rotatable bonds is 8. The third kappa shape index (κ3) is 5.13. The number of benzene rings is 1. The zero-order chi connectivity index (χ0) is 20.8. The molecule has 3 rings (SSSR count). The standard InChI is InChI=1S/C16H14ClN7O5/c17-10-7-20-23(8-10)9-13-21-16(29-22-13)15(26)19-6-5-18-14(25)11-3-1-2-4-12(11)24(27)28/h1-4,7-8H,5-6,9H2,(H,18,25)(H,19,26). The highest BCUT2D eigenvalue weighted by molar-refractivity contribution is 6.30. The second-order valence-electron chi connectivity index (χ2n) is 5.66. The molecule has 0 fully saturated rings. The van der Waals surface area contributed by atoms with Crippen LogP contribution in [0.15, 0.2) is 41.2 Å². The fraction of sp³-hybridized carbons (Fsp3) is 0.188. The van der Waals surface area contributed by atoms with Crippen LogP contribution in [0, 0.1) is 10.1 Å². The van der Waals surface area contributed by atoms with Crippen molar-refractivity contribution in [1.82, 2.24) is 30.6 Å². The van der Waals surface area contributed by atoms with Gasteiger partial charge in [0.25, 0.3) is 11.6 Å². The molecule has 2 heterocycles. The van der Waals surface area contributed by atoms with Crippen LogP contribution in [0.4, 0.5) is 5.69 Å². The van der Waals surface area contributed by atoms with Crippen LogP contribution >= 0.6 is 11.6 Å². The highest BCUT2D eigenvalue weighted by Gasteiger charge is 2.19. The molecule has 150 valence electrons. The summed E-state index contributed by atoms with van der Waals surface area (Å²) in [7, 11) is 0. The van der Waals surface area contributed by atoms with Crippen molar-refractivity contribution in [1.29, 1.82) is 0 Å². The number of carbonyl (C=O) groups is 2. The number of nitrogens with zero attached hydrogens (tertiary/aromatic N) is 5. The summed E-state index contributed by atoms with van der Waals surface area (Å²) in [5, 5.41) is 24.0. The average Bonchev–Trinajstić information content (AvgIpc) is 3.34. The molecule has 2 amide bonds. The Hall–Kier alpha value is -3.80. The quantitative estimate of drug-likeness (QED) is 0.311. The molecule has 29 heavy (non-hydrogen) atoms. The van der Waals surface area contributed by atoms with Gasteiger partial charge >= 0.3 is 11.8 Å². The largest absolute Gasteiger partial charge is 0.350 e. The van der Waals surface area contributed by atoms with Gasteiger partial charge in [0.05, 0.1) is 16.1 Å². The lowest BCUT2D eigenvalue weighted by Gasteiger charge is -2.06. The van der Waals surface area contributed by atoms with Crippen LogP contribution in [0.3, 0.4) is 0 Å². The van der Waals surface area contributed by atoms with Gasteiger partial charge in [-0.05, 0) is 6.07 Å². The first-order valence-electron chi connectivity index (χ1n) is 8.24. The second-order valence-corrected chi connectivity index (χ2v) is 6.09. The van der Waals surface area contributed by atoms with E-state index < -0.39 is 16.7 Å². The summed E-state index contributed by atoms with van der Waals surface area (Å²) in [6.07, 6.45) is 3.02. The van der Waals surface area contributed by atoms with E-state index in [1.54, 1.807) is 6.20 Å². The first-order chi connectivity index (χ1) is 13.9. The molecule has 0 spiro atoms. The van der Waals surface area contributed by atoms with Crippen molar-refractivity contribution in [3.05, 3.63) is 69.1 Å². The summed E-state index contributed by atoms with van der Waals surface area (Å²) in [6, 6.07) is 5.57.